The Labute approximate surface area is 159 Å². The molecule has 0 bridgehead atoms. The van der Waals surface area contributed by atoms with E-state index in [2.05, 4.69) is 22.2 Å². The molecule has 0 aromatic heterocycles. The summed E-state index contributed by atoms with van der Waals surface area (Å²) in [6, 6.07) is -0.107. The molecule has 150 valence electrons. The van der Waals surface area contributed by atoms with Crippen molar-refractivity contribution in [2.24, 2.45) is 0 Å². The predicted octanol–water partition coefficient (Wildman–Crippen LogP) is -2.79. The minimum absolute atomic E-state index is 0.107. The third-order valence-electron chi connectivity index (χ3n) is 5.38. The molecule has 3 aliphatic rings. The van der Waals surface area contributed by atoms with Gasteiger partial charge in [-0.05, 0) is 14.0 Å². The van der Waals surface area contributed by atoms with E-state index in [4.69, 9.17) is 0 Å². The fourth-order valence-corrected chi connectivity index (χ4v) is 3.68. The van der Waals surface area contributed by atoms with Gasteiger partial charge in [0.2, 0.25) is 23.6 Å². The summed E-state index contributed by atoms with van der Waals surface area (Å²) in [5.41, 5.74) is 0. The first-order chi connectivity index (χ1) is 12.8. The molecule has 0 aliphatic carbocycles. The van der Waals surface area contributed by atoms with Crippen molar-refractivity contribution >= 4 is 23.6 Å². The predicted molar refractivity (Wildman–Crippen MR) is 96.4 cm³/mol. The Morgan fingerprint density at radius 2 is 1.41 bits per heavy atom. The van der Waals surface area contributed by atoms with Crippen LogP contribution >= 0.6 is 0 Å². The third kappa shape index (κ3) is 5.10. The maximum absolute atomic E-state index is 12.5. The van der Waals surface area contributed by atoms with Crippen LogP contribution in [0.25, 0.3) is 0 Å². The molecule has 4 amide bonds. The van der Waals surface area contributed by atoms with E-state index in [9.17, 15) is 19.2 Å². The van der Waals surface area contributed by atoms with Gasteiger partial charge in [-0.25, -0.2) is 0 Å². The lowest BCUT2D eigenvalue weighted by Gasteiger charge is -2.40. The lowest BCUT2D eigenvalue weighted by atomic mass is 10.2. The summed E-state index contributed by atoms with van der Waals surface area (Å²) >= 11 is 0. The van der Waals surface area contributed by atoms with E-state index in [0.717, 1.165) is 26.2 Å². The number of carbonyl (C=O) groups excluding carboxylic acids is 4. The first-order valence-electron chi connectivity index (χ1n) is 9.35. The van der Waals surface area contributed by atoms with Gasteiger partial charge in [0.15, 0.2) is 0 Å². The molecule has 1 unspecified atom stereocenters. The first-order valence-corrected chi connectivity index (χ1v) is 9.35. The number of carbonyl (C=O) groups is 4. The minimum atomic E-state index is -0.317. The molecule has 3 heterocycles. The Hall–Kier alpha value is -1.88. The Balaban J connectivity index is 1.50. The van der Waals surface area contributed by atoms with E-state index in [-0.39, 0.29) is 55.8 Å². The Morgan fingerprint density at radius 1 is 0.852 bits per heavy atom. The topological polar surface area (TPSA) is 96.5 Å². The second-order valence-electron chi connectivity index (χ2n) is 7.67. The molecule has 10 nitrogen and oxygen atoms in total. The molecule has 0 aromatic carbocycles. The Morgan fingerprint density at radius 3 is 1.96 bits per heavy atom. The summed E-state index contributed by atoms with van der Waals surface area (Å²) in [6.07, 6.45) is 0. The SMILES string of the molecule is CC(CN1CC(=O)N(CN2CCN(C)CC2)C(=O)C1)N1CC(=O)NC(=O)C1. The number of likely N-dealkylation sites (N-methyl/N-ethyl adjacent to an activating group) is 1. The van der Waals surface area contributed by atoms with E-state index in [1.165, 1.54) is 4.90 Å². The van der Waals surface area contributed by atoms with Crippen molar-refractivity contribution in [1.29, 1.82) is 0 Å². The molecule has 3 saturated heterocycles. The molecule has 0 radical (unpaired) electrons. The summed E-state index contributed by atoms with van der Waals surface area (Å²) < 4.78 is 0. The van der Waals surface area contributed by atoms with Crippen LogP contribution in [0.5, 0.6) is 0 Å². The largest absolute Gasteiger partial charge is 0.304 e. The zero-order valence-electron chi connectivity index (χ0n) is 16.0. The molecular formula is C17H28N6O4. The van der Waals surface area contributed by atoms with Gasteiger partial charge in [0.05, 0.1) is 32.8 Å². The fraction of sp³-hybridized carbons (Fsp3) is 0.765. The van der Waals surface area contributed by atoms with E-state index < -0.39 is 0 Å². The van der Waals surface area contributed by atoms with Gasteiger partial charge in [-0.2, -0.15) is 0 Å². The van der Waals surface area contributed by atoms with Crippen molar-refractivity contribution in [1.82, 2.24) is 29.8 Å². The molecule has 3 fully saturated rings. The Kier molecular flexibility index (Phi) is 6.20. The fourth-order valence-electron chi connectivity index (χ4n) is 3.68. The monoisotopic (exact) mass is 380 g/mol. The summed E-state index contributed by atoms with van der Waals surface area (Å²) in [6.45, 7) is 6.93. The van der Waals surface area contributed by atoms with Gasteiger partial charge in [0.25, 0.3) is 0 Å². The highest BCUT2D eigenvalue weighted by molar-refractivity contribution is 6.00. The summed E-state index contributed by atoms with van der Waals surface area (Å²) in [4.78, 5) is 57.4. The third-order valence-corrected chi connectivity index (χ3v) is 5.38. The molecule has 0 saturated carbocycles. The highest BCUT2D eigenvalue weighted by atomic mass is 16.2. The van der Waals surface area contributed by atoms with E-state index in [1.807, 2.05) is 6.92 Å². The van der Waals surface area contributed by atoms with Crippen molar-refractivity contribution in [3.8, 4) is 0 Å². The van der Waals surface area contributed by atoms with Crippen LogP contribution in [0.2, 0.25) is 0 Å². The van der Waals surface area contributed by atoms with Crippen molar-refractivity contribution in [2.75, 3.05) is 72.6 Å². The second-order valence-corrected chi connectivity index (χ2v) is 7.67. The van der Waals surface area contributed by atoms with Crippen molar-refractivity contribution in [3.63, 3.8) is 0 Å². The van der Waals surface area contributed by atoms with Crippen LogP contribution in [0, 0.1) is 0 Å². The first kappa shape index (κ1) is 19.9. The van der Waals surface area contributed by atoms with Crippen LogP contribution < -0.4 is 5.32 Å². The number of imide groups is 2. The lowest BCUT2D eigenvalue weighted by molar-refractivity contribution is -0.155. The molecule has 0 aromatic rings. The van der Waals surface area contributed by atoms with Crippen molar-refractivity contribution < 1.29 is 19.2 Å². The second kappa shape index (κ2) is 8.42. The highest BCUT2D eigenvalue weighted by Gasteiger charge is 2.34. The average Bonchev–Trinajstić information content (AvgIpc) is 2.59. The number of hydrogen-bond acceptors (Lipinski definition) is 8. The van der Waals surface area contributed by atoms with Gasteiger partial charge in [0, 0.05) is 38.8 Å². The highest BCUT2D eigenvalue weighted by Crippen LogP contribution is 2.11. The molecular weight excluding hydrogens is 352 g/mol. The van der Waals surface area contributed by atoms with Crippen LogP contribution in [-0.4, -0.2) is 127 Å². The van der Waals surface area contributed by atoms with E-state index in [1.54, 1.807) is 9.80 Å². The van der Waals surface area contributed by atoms with Crippen LogP contribution in [0.1, 0.15) is 6.92 Å². The van der Waals surface area contributed by atoms with Crippen molar-refractivity contribution in [2.45, 2.75) is 13.0 Å². The smallest absolute Gasteiger partial charge is 0.244 e. The average molecular weight is 380 g/mol. The zero-order chi connectivity index (χ0) is 19.6. The van der Waals surface area contributed by atoms with Gasteiger partial charge in [0.1, 0.15) is 0 Å². The van der Waals surface area contributed by atoms with Crippen LogP contribution in [-0.2, 0) is 19.2 Å². The lowest BCUT2D eigenvalue weighted by Crippen LogP contribution is -2.61. The van der Waals surface area contributed by atoms with Crippen LogP contribution in [0.4, 0.5) is 0 Å². The molecule has 27 heavy (non-hydrogen) atoms. The molecule has 3 aliphatic heterocycles. The Bertz CT molecular complexity index is 585. The van der Waals surface area contributed by atoms with Crippen LogP contribution in [0.3, 0.4) is 0 Å². The standard InChI is InChI=1S/C17H28N6O4/c1-13(22-8-14(24)18-15(25)9-22)7-21-10-16(26)23(17(27)11-21)12-20-5-3-19(2)4-6-20/h13H,3-12H2,1-2H3,(H,18,24,25). The number of hydrogen-bond donors (Lipinski definition) is 1. The summed E-state index contributed by atoms with van der Waals surface area (Å²) in [5.74, 6) is -1.01. The van der Waals surface area contributed by atoms with Gasteiger partial charge in [-0.3, -0.25) is 44.1 Å². The van der Waals surface area contributed by atoms with Gasteiger partial charge in [-0.1, -0.05) is 0 Å². The van der Waals surface area contributed by atoms with Crippen molar-refractivity contribution in [3.05, 3.63) is 0 Å². The van der Waals surface area contributed by atoms with E-state index in [0.29, 0.717) is 13.2 Å². The number of nitrogens with one attached hydrogen (secondary N) is 1. The van der Waals surface area contributed by atoms with Gasteiger partial charge < -0.3 is 4.90 Å². The van der Waals surface area contributed by atoms with E-state index >= 15 is 0 Å². The number of amides is 4. The maximum atomic E-state index is 12.5. The number of piperazine rings is 3. The van der Waals surface area contributed by atoms with Gasteiger partial charge in [-0.15, -0.1) is 0 Å². The quantitative estimate of drug-likeness (QED) is 0.512. The molecule has 1 N–H and O–H groups in total. The number of rotatable bonds is 5. The van der Waals surface area contributed by atoms with Gasteiger partial charge >= 0.3 is 0 Å². The molecule has 3 rings (SSSR count). The normalized spacial score (nSPS) is 25.8. The maximum Gasteiger partial charge on any atom is 0.244 e. The van der Waals surface area contributed by atoms with Crippen LogP contribution in [0.15, 0.2) is 0 Å². The molecule has 0 spiro atoms. The molecule has 1 atom stereocenters. The zero-order valence-corrected chi connectivity index (χ0v) is 16.0. The molecule has 10 heteroatoms. The summed E-state index contributed by atoms with van der Waals surface area (Å²) in [7, 11) is 2.06. The summed E-state index contributed by atoms with van der Waals surface area (Å²) in [5, 5.41) is 2.27. The number of nitrogens with zero attached hydrogens (tertiary/aromatic N) is 5. The minimum Gasteiger partial charge on any atom is -0.304 e.